The van der Waals surface area contributed by atoms with Crippen molar-refractivity contribution in [1.82, 2.24) is 0 Å². The second-order valence-corrected chi connectivity index (χ2v) is 7.90. The van der Waals surface area contributed by atoms with Gasteiger partial charge in [-0.1, -0.05) is 38.3 Å². The number of ether oxygens (including phenoxy) is 2. The average Bonchev–Trinajstić information content (AvgIpc) is 3.07. The molecule has 1 aliphatic heterocycles. The summed E-state index contributed by atoms with van der Waals surface area (Å²) in [5, 5.41) is 1.97. The predicted molar refractivity (Wildman–Crippen MR) is 120 cm³/mol. The summed E-state index contributed by atoms with van der Waals surface area (Å²) in [7, 11) is 1.65. The van der Waals surface area contributed by atoms with Crippen molar-refractivity contribution in [3.8, 4) is 11.5 Å². The van der Waals surface area contributed by atoms with Crippen molar-refractivity contribution >= 4 is 17.5 Å². The van der Waals surface area contributed by atoms with E-state index in [2.05, 4.69) is 6.92 Å². The Kier molecular flexibility index (Phi) is 8.47. The predicted octanol–water partition coefficient (Wildman–Crippen LogP) is 3.09. The number of hydrogen-bond acceptors (Lipinski definition) is 4. The third-order valence-electron chi connectivity index (χ3n) is 5.59. The minimum atomic E-state index is -0.361. The van der Waals surface area contributed by atoms with Gasteiger partial charge in [0.05, 0.1) is 32.4 Å². The highest BCUT2D eigenvalue weighted by atomic mass is 16.5. The molecular formula is C25H33N2O4+. The fourth-order valence-electron chi connectivity index (χ4n) is 3.76. The van der Waals surface area contributed by atoms with E-state index in [4.69, 9.17) is 9.47 Å². The quantitative estimate of drug-likeness (QED) is 0.419. The number of hydrogen-bond donors (Lipinski definition) is 1. The molecule has 1 fully saturated rings. The Morgan fingerprint density at radius 1 is 0.968 bits per heavy atom. The lowest BCUT2D eigenvalue weighted by Crippen LogP contribution is -2.92. The van der Waals surface area contributed by atoms with E-state index in [9.17, 15) is 9.59 Å². The smallest absolute Gasteiger partial charge is 0.292 e. The summed E-state index contributed by atoms with van der Waals surface area (Å²) in [5.41, 5.74) is 1.79. The SMILES string of the molecule is CCCCCCOc1ccc(N2C(=O)C[C@H]([NH2+]CCc3ccc(OC)cc3)C2=O)cc1. The van der Waals surface area contributed by atoms with Crippen LogP contribution in [0.4, 0.5) is 5.69 Å². The van der Waals surface area contributed by atoms with Crippen LogP contribution in [0.25, 0.3) is 0 Å². The van der Waals surface area contributed by atoms with Gasteiger partial charge in [-0.2, -0.15) is 0 Å². The molecule has 1 aliphatic rings. The molecule has 1 heterocycles. The van der Waals surface area contributed by atoms with Gasteiger partial charge >= 0.3 is 0 Å². The lowest BCUT2D eigenvalue weighted by atomic mass is 10.1. The summed E-state index contributed by atoms with van der Waals surface area (Å²) in [5.74, 6) is 1.30. The maximum Gasteiger partial charge on any atom is 0.292 e. The van der Waals surface area contributed by atoms with Gasteiger partial charge in [0.25, 0.3) is 5.91 Å². The number of unbranched alkanes of at least 4 members (excludes halogenated alkanes) is 3. The minimum Gasteiger partial charge on any atom is -0.497 e. The zero-order chi connectivity index (χ0) is 22.1. The number of methoxy groups -OCH3 is 1. The summed E-state index contributed by atoms with van der Waals surface area (Å²) in [6, 6.07) is 14.8. The molecule has 6 nitrogen and oxygen atoms in total. The number of nitrogens with two attached hydrogens (primary N) is 1. The number of amides is 2. The van der Waals surface area contributed by atoms with Crippen LogP contribution >= 0.6 is 0 Å². The van der Waals surface area contributed by atoms with E-state index in [1.807, 2.05) is 41.7 Å². The van der Waals surface area contributed by atoms with Gasteiger partial charge in [0.2, 0.25) is 5.91 Å². The molecule has 2 aromatic rings. The zero-order valence-electron chi connectivity index (χ0n) is 18.5. The maximum absolute atomic E-state index is 12.8. The van der Waals surface area contributed by atoms with E-state index < -0.39 is 0 Å². The van der Waals surface area contributed by atoms with Crippen LogP contribution < -0.4 is 19.7 Å². The number of benzene rings is 2. The molecule has 2 aromatic carbocycles. The molecule has 166 valence electrons. The van der Waals surface area contributed by atoms with Crippen LogP contribution in [-0.2, 0) is 16.0 Å². The van der Waals surface area contributed by atoms with E-state index in [-0.39, 0.29) is 24.3 Å². The topological polar surface area (TPSA) is 72.4 Å². The van der Waals surface area contributed by atoms with Gasteiger partial charge in [-0.3, -0.25) is 9.59 Å². The largest absolute Gasteiger partial charge is 0.497 e. The standard InChI is InChI=1S/C25H32N2O4/c1-3-4-5-6-17-31-22-13-9-20(10-14-22)27-24(28)18-23(25(27)29)26-16-15-19-7-11-21(30-2)12-8-19/h7-14,23,26H,3-6,15-18H2,1-2H3/p+1/t23-/m0/s1. The highest BCUT2D eigenvalue weighted by Crippen LogP contribution is 2.24. The molecule has 31 heavy (non-hydrogen) atoms. The fraction of sp³-hybridized carbons (Fsp3) is 0.440. The molecule has 2 N–H and O–H groups in total. The number of carbonyl (C=O) groups excluding carboxylic acids is 2. The highest BCUT2D eigenvalue weighted by Gasteiger charge is 2.42. The summed E-state index contributed by atoms with van der Waals surface area (Å²) < 4.78 is 10.9. The summed E-state index contributed by atoms with van der Waals surface area (Å²) in [6.07, 6.45) is 5.68. The van der Waals surface area contributed by atoms with Crippen LogP contribution in [0.5, 0.6) is 11.5 Å². The molecule has 0 bridgehead atoms. The average molecular weight is 426 g/mol. The van der Waals surface area contributed by atoms with E-state index in [1.165, 1.54) is 29.7 Å². The third kappa shape index (κ3) is 6.31. The van der Waals surface area contributed by atoms with Crippen molar-refractivity contribution in [2.45, 2.75) is 51.5 Å². The van der Waals surface area contributed by atoms with Crippen molar-refractivity contribution in [3.05, 3.63) is 54.1 Å². The second kappa shape index (κ2) is 11.5. The lowest BCUT2D eigenvalue weighted by Gasteiger charge is -2.15. The zero-order valence-corrected chi connectivity index (χ0v) is 18.5. The van der Waals surface area contributed by atoms with Crippen molar-refractivity contribution in [3.63, 3.8) is 0 Å². The molecular weight excluding hydrogens is 392 g/mol. The molecule has 0 spiro atoms. The van der Waals surface area contributed by atoms with Crippen molar-refractivity contribution in [1.29, 1.82) is 0 Å². The molecule has 2 amide bonds. The van der Waals surface area contributed by atoms with E-state index >= 15 is 0 Å². The van der Waals surface area contributed by atoms with Gasteiger partial charge in [-0.05, 0) is 48.4 Å². The number of imide groups is 1. The fourth-order valence-corrected chi connectivity index (χ4v) is 3.76. The Hall–Kier alpha value is -2.86. The molecule has 1 atom stereocenters. The Bertz CT molecular complexity index is 849. The Labute approximate surface area is 184 Å². The van der Waals surface area contributed by atoms with Crippen molar-refractivity contribution in [2.75, 3.05) is 25.2 Å². The van der Waals surface area contributed by atoms with Gasteiger partial charge in [-0.25, -0.2) is 4.90 Å². The number of carbonyl (C=O) groups is 2. The maximum atomic E-state index is 12.8. The van der Waals surface area contributed by atoms with Crippen LogP contribution in [0.2, 0.25) is 0 Å². The Morgan fingerprint density at radius 3 is 2.35 bits per heavy atom. The number of nitrogens with zero attached hydrogens (tertiary/aromatic N) is 1. The van der Waals surface area contributed by atoms with Gasteiger partial charge in [0, 0.05) is 6.42 Å². The molecule has 0 radical (unpaired) electrons. The first kappa shape index (κ1) is 22.8. The van der Waals surface area contributed by atoms with E-state index in [1.54, 1.807) is 19.2 Å². The normalized spacial score (nSPS) is 16.1. The van der Waals surface area contributed by atoms with Crippen LogP contribution in [0.1, 0.15) is 44.6 Å². The Morgan fingerprint density at radius 2 is 1.68 bits per heavy atom. The second-order valence-electron chi connectivity index (χ2n) is 7.90. The van der Waals surface area contributed by atoms with Crippen LogP contribution in [-0.4, -0.2) is 38.1 Å². The molecule has 0 saturated carbocycles. The number of rotatable bonds is 12. The summed E-state index contributed by atoms with van der Waals surface area (Å²) in [6.45, 7) is 3.62. The molecule has 3 rings (SSSR count). The van der Waals surface area contributed by atoms with Crippen molar-refractivity contribution in [2.24, 2.45) is 0 Å². The molecule has 0 aliphatic carbocycles. The molecule has 0 aromatic heterocycles. The van der Waals surface area contributed by atoms with Crippen LogP contribution in [0.15, 0.2) is 48.5 Å². The monoisotopic (exact) mass is 425 g/mol. The van der Waals surface area contributed by atoms with Gasteiger partial charge in [-0.15, -0.1) is 0 Å². The third-order valence-corrected chi connectivity index (χ3v) is 5.59. The lowest BCUT2D eigenvalue weighted by molar-refractivity contribution is -0.674. The summed E-state index contributed by atoms with van der Waals surface area (Å²) in [4.78, 5) is 26.6. The molecule has 1 saturated heterocycles. The minimum absolute atomic E-state index is 0.145. The summed E-state index contributed by atoms with van der Waals surface area (Å²) >= 11 is 0. The van der Waals surface area contributed by atoms with Gasteiger partial charge in [0.1, 0.15) is 11.5 Å². The van der Waals surface area contributed by atoms with Crippen LogP contribution in [0.3, 0.4) is 0 Å². The van der Waals surface area contributed by atoms with E-state index in [0.29, 0.717) is 12.3 Å². The van der Waals surface area contributed by atoms with Gasteiger partial charge in [0.15, 0.2) is 6.04 Å². The number of quaternary nitrogens is 1. The molecule has 6 heteroatoms. The van der Waals surface area contributed by atoms with Gasteiger partial charge < -0.3 is 14.8 Å². The van der Waals surface area contributed by atoms with Crippen molar-refractivity contribution < 1.29 is 24.4 Å². The van der Waals surface area contributed by atoms with Crippen LogP contribution in [0, 0.1) is 0 Å². The number of anilines is 1. The first-order valence-corrected chi connectivity index (χ1v) is 11.2. The van der Waals surface area contributed by atoms with E-state index in [0.717, 1.165) is 30.9 Å². The first-order valence-electron chi connectivity index (χ1n) is 11.2. The highest BCUT2D eigenvalue weighted by molar-refractivity contribution is 6.21. The molecule has 0 unspecified atom stereocenters. The first-order chi connectivity index (χ1) is 15.1. The Balaban J connectivity index is 1.48.